The van der Waals surface area contributed by atoms with Gasteiger partial charge in [-0.05, 0) is 58.8 Å². The van der Waals surface area contributed by atoms with E-state index < -0.39 is 79.4 Å². The number of amides is 6. The average molecular weight is 787 g/mol. The Labute approximate surface area is 316 Å². The zero-order valence-corrected chi connectivity index (χ0v) is 33.1. The summed E-state index contributed by atoms with van der Waals surface area (Å²) >= 11 is 0. The van der Waals surface area contributed by atoms with Crippen LogP contribution in [0.5, 0.6) is 0 Å². The van der Waals surface area contributed by atoms with Crippen LogP contribution < -0.4 is 27.0 Å². The van der Waals surface area contributed by atoms with Gasteiger partial charge in [0.05, 0.1) is 44.3 Å². The molecule has 0 aromatic carbocycles. The topological polar surface area (TPSA) is 284 Å². The first-order chi connectivity index (χ1) is 25.1. The van der Waals surface area contributed by atoms with Gasteiger partial charge in [0.15, 0.2) is 0 Å². The van der Waals surface area contributed by atoms with Gasteiger partial charge in [0, 0.05) is 24.9 Å². The van der Waals surface area contributed by atoms with Crippen LogP contribution in [0.2, 0.25) is 0 Å². The number of ether oxygens (including phenoxy) is 2. The van der Waals surface area contributed by atoms with Crippen LogP contribution in [-0.2, 0) is 49.2 Å². The van der Waals surface area contributed by atoms with Crippen LogP contribution in [0.25, 0.3) is 0 Å². The van der Waals surface area contributed by atoms with Crippen molar-refractivity contribution in [3.63, 3.8) is 0 Å². The number of primary amides is 1. The van der Waals surface area contributed by atoms with Crippen molar-refractivity contribution in [2.75, 3.05) is 32.5 Å². The normalized spacial score (nSPS) is 17.6. The van der Waals surface area contributed by atoms with Crippen molar-refractivity contribution >= 4 is 43.0 Å². The summed E-state index contributed by atoms with van der Waals surface area (Å²) in [5, 5.41) is 10.3. The molecule has 1 saturated heterocycles. The van der Waals surface area contributed by atoms with Crippen LogP contribution in [0.1, 0.15) is 79.8 Å². The van der Waals surface area contributed by atoms with Gasteiger partial charge in [0.2, 0.25) is 35.4 Å². The van der Waals surface area contributed by atoms with Crippen molar-refractivity contribution in [1.82, 2.24) is 36.1 Å². The Morgan fingerprint density at radius 3 is 2.22 bits per heavy atom. The standard InChI is InChI=1S/C34H59N8O11P/c1-20(2)15-24(40-33(48)26-9-8-11-42(26)27(43)10-12-52-13-14-53-34(5,6)7)32(47)39-25(16-23-17-36-19-37-23)31(46)38-22(4)30(45)41-28(29(35)44)21(3)18-54(49,50)51/h17,19-22,24-26,28H,8-16,18H2,1-7H3,(H2,35,44)(H,36,37)(H,38,46)(H,39,47)(H,40,48)(H,41,45)(H2,49,50,51)/t21-,22-,24-,25-,26-,28-/m0/s1. The predicted octanol–water partition coefficient (Wildman–Crippen LogP) is -0.531. The Bertz CT molecular complexity index is 1460. The lowest BCUT2D eigenvalue weighted by atomic mass is 10.0. The number of likely N-dealkylation sites (tertiary alicyclic amines) is 1. The molecule has 6 atom stereocenters. The van der Waals surface area contributed by atoms with Gasteiger partial charge in [-0.15, -0.1) is 0 Å². The molecule has 2 rings (SSSR count). The number of hydrogen-bond donors (Lipinski definition) is 8. The molecule has 306 valence electrons. The van der Waals surface area contributed by atoms with Crippen LogP contribution in [0.15, 0.2) is 12.5 Å². The molecular weight excluding hydrogens is 727 g/mol. The summed E-state index contributed by atoms with van der Waals surface area (Å²) in [6.07, 6.45) is 3.34. The van der Waals surface area contributed by atoms with E-state index in [-0.39, 0.29) is 43.3 Å². The largest absolute Gasteiger partial charge is 0.379 e. The molecule has 0 radical (unpaired) electrons. The lowest BCUT2D eigenvalue weighted by Gasteiger charge is -2.28. The third-order valence-corrected chi connectivity index (χ3v) is 9.55. The summed E-state index contributed by atoms with van der Waals surface area (Å²) < 4.78 is 22.6. The summed E-state index contributed by atoms with van der Waals surface area (Å²) in [5.74, 6) is -5.18. The second-order valence-corrected chi connectivity index (χ2v) is 16.7. The summed E-state index contributed by atoms with van der Waals surface area (Å²) in [7, 11) is -4.54. The fraction of sp³-hybridized carbons (Fsp3) is 0.735. The third kappa shape index (κ3) is 16.6. The SMILES string of the molecule is CC(C)C[C@H](NC(=O)[C@@H]1CCCN1C(=O)CCOCCOC(C)(C)C)C(=O)N[C@@H](Cc1cnc[nH]1)C(=O)N[C@@H](C)C(=O)N[C@H](C(N)=O)[C@@H](C)CP(=O)(O)O. The van der Waals surface area contributed by atoms with E-state index in [1.807, 2.05) is 34.6 Å². The fourth-order valence-corrected chi connectivity index (χ4v) is 6.81. The van der Waals surface area contributed by atoms with Crippen molar-refractivity contribution in [3.8, 4) is 0 Å². The zero-order chi connectivity index (χ0) is 40.8. The minimum Gasteiger partial charge on any atom is -0.379 e. The molecule has 1 aromatic heterocycles. The highest BCUT2D eigenvalue weighted by Gasteiger charge is 2.37. The highest BCUT2D eigenvalue weighted by atomic mass is 31.2. The van der Waals surface area contributed by atoms with E-state index >= 15 is 0 Å². The molecule has 20 heteroatoms. The van der Waals surface area contributed by atoms with Gasteiger partial charge >= 0.3 is 7.60 Å². The lowest BCUT2D eigenvalue weighted by Crippen LogP contribution is -2.59. The Morgan fingerprint density at radius 2 is 1.65 bits per heavy atom. The highest BCUT2D eigenvalue weighted by molar-refractivity contribution is 7.51. The van der Waals surface area contributed by atoms with Gasteiger partial charge in [-0.25, -0.2) is 4.98 Å². The van der Waals surface area contributed by atoms with Crippen LogP contribution in [-0.4, -0.2) is 128 Å². The molecule has 0 spiro atoms. The Balaban J connectivity index is 2.12. The molecule has 0 bridgehead atoms. The summed E-state index contributed by atoms with van der Waals surface area (Å²) in [6, 6.07) is -5.85. The molecule has 54 heavy (non-hydrogen) atoms. The van der Waals surface area contributed by atoms with Gasteiger partial charge in [-0.1, -0.05) is 20.8 Å². The number of aromatic nitrogens is 2. The predicted molar refractivity (Wildman–Crippen MR) is 196 cm³/mol. The molecule has 0 unspecified atom stereocenters. The quantitative estimate of drug-likeness (QED) is 0.0544. The molecule has 6 amide bonds. The monoisotopic (exact) mass is 786 g/mol. The van der Waals surface area contributed by atoms with E-state index in [1.54, 1.807) is 0 Å². The van der Waals surface area contributed by atoms with Crippen LogP contribution in [0, 0.1) is 11.8 Å². The number of nitrogens with one attached hydrogen (secondary N) is 5. The second-order valence-electron chi connectivity index (χ2n) is 15.0. The molecule has 19 nitrogen and oxygen atoms in total. The van der Waals surface area contributed by atoms with Crippen molar-refractivity contribution in [2.45, 2.75) is 116 Å². The number of H-pyrrole nitrogens is 1. The number of aromatic amines is 1. The van der Waals surface area contributed by atoms with E-state index in [4.69, 9.17) is 15.2 Å². The third-order valence-electron chi connectivity index (χ3n) is 8.50. The number of nitrogens with two attached hydrogens (primary N) is 1. The van der Waals surface area contributed by atoms with Crippen molar-refractivity contribution in [1.29, 1.82) is 0 Å². The van der Waals surface area contributed by atoms with E-state index in [0.29, 0.717) is 38.3 Å². The minimum absolute atomic E-state index is 0.0588. The maximum absolute atomic E-state index is 13.8. The van der Waals surface area contributed by atoms with Crippen molar-refractivity contribution in [3.05, 3.63) is 18.2 Å². The maximum Gasteiger partial charge on any atom is 0.325 e. The number of rotatable bonds is 22. The molecule has 1 aliphatic rings. The smallest absolute Gasteiger partial charge is 0.325 e. The van der Waals surface area contributed by atoms with Gasteiger partial charge < -0.3 is 56.1 Å². The fourth-order valence-electron chi connectivity index (χ4n) is 5.85. The highest BCUT2D eigenvalue weighted by Crippen LogP contribution is 2.37. The van der Waals surface area contributed by atoms with Gasteiger partial charge in [-0.3, -0.25) is 33.3 Å². The Morgan fingerprint density at radius 1 is 0.981 bits per heavy atom. The average Bonchev–Trinajstić information content (AvgIpc) is 3.75. The number of hydrogen-bond acceptors (Lipinski definition) is 10. The lowest BCUT2D eigenvalue weighted by molar-refractivity contribution is -0.140. The van der Waals surface area contributed by atoms with Gasteiger partial charge in [0.25, 0.3) is 0 Å². The first-order valence-corrected chi connectivity index (χ1v) is 19.9. The molecule has 1 aliphatic heterocycles. The number of imidazole rings is 1. The second kappa shape index (κ2) is 21.3. The summed E-state index contributed by atoms with van der Waals surface area (Å²) in [4.78, 5) is 106. The molecule has 1 aromatic rings. The first-order valence-electron chi connectivity index (χ1n) is 18.1. The Hall–Kier alpha value is -3.90. The van der Waals surface area contributed by atoms with Crippen LogP contribution in [0.3, 0.4) is 0 Å². The zero-order valence-electron chi connectivity index (χ0n) is 32.3. The molecule has 0 aliphatic carbocycles. The van der Waals surface area contributed by atoms with Gasteiger partial charge in [0.1, 0.15) is 30.2 Å². The van der Waals surface area contributed by atoms with E-state index in [9.17, 15) is 43.1 Å². The number of nitrogens with zero attached hydrogens (tertiary/aromatic N) is 2. The molecule has 0 saturated carbocycles. The van der Waals surface area contributed by atoms with Crippen molar-refractivity contribution in [2.24, 2.45) is 17.6 Å². The van der Waals surface area contributed by atoms with Crippen molar-refractivity contribution < 1.29 is 52.6 Å². The van der Waals surface area contributed by atoms with Crippen LogP contribution >= 0.6 is 7.60 Å². The summed E-state index contributed by atoms with van der Waals surface area (Å²) in [5.41, 5.74) is 5.55. The molecule has 2 heterocycles. The van der Waals surface area contributed by atoms with Gasteiger partial charge in [-0.2, -0.15) is 0 Å². The Kier molecular flexibility index (Phi) is 18.2. The molecule has 1 fully saturated rings. The molecular formula is C34H59N8O11P. The molecule has 9 N–H and O–H groups in total. The van der Waals surface area contributed by atoms with E-state index in [1.165, 1.54) is 31.3 Å². The number of carbonyl (C=O) groups excluding carboxylic acids is 6. The van der Waals surface area contributed by atoms with E-state index in [0.717, 1.165) is 0 Å². The minimum atomic E-state index is -4.54. The van der Waals surface area contributed by atoms with Crippen LogP contribution in [0.4, 0.5) is 0 Å². The van der Waals surface area contributed by atoms with E-state index in [2.05, 4.69) is 31.2 Å². The number of carbonyl (C=O) groups is 6. The summed E-state index contributed by atoms with van der Waals surface area (Å²) in [6.45, 7) is 13.4. The first kappa shape index (κ1) is 46.3. The maximum atomic E-state index is 13.8.